The number of carboxylic acid groups (broad SMARTS) is 1. The fraction of sp³-hybridized carbons (Fsp3) is 0.929. The monoisotopic (exact) mass is 780 g/mol. The quantitative estimate of drug-likeness (QED) is 0.144. The van der Waals surface area contributed by atoms with Crippen LogP contribution in [0.15, 0.2) is 11.6 Å². The van der Waals surface area contributed by atoms with Crippen LogP contribution >= 0.6 is 0 Å². The Hall–Kier alpha value is -1.23. The maximum atomic E-state index is 12.3. The van der Waals surface area contributed by atoms with Gasteiger partial charge in [0, 0.05) is 5.41 Å². The summed E-state index contributed by atoms with van der Waals surface area (Å²) in [5.74, 6) is -0.580. The van der Waals surface area contributed by atoms with Gasteiger partial charge >= 0.3 is 5.97 Å². The van der Waals surface area contributed by atoms with E-state index in [0.29, 0.717) is 18.3 Å². The Morgan fingerprint density at radius 1 is 0.745 bits per heavy atom. The normalized spacial score (nSPS) is 54.5. The van der Waals surface area contributed by atoms with E-state index in [4.69, 9.17) is 18.9 Å². The zero-order valence-corrected chi connectivity index (χ0v) is 33.9. The summed E-state index contributed by atoms with van der Waals surface area (Å²) in [6.45, 7) is 18.1. The SMILES string of the molecule is CC1(C)CCC2(C)C(O)CC3(C)C(=CCC4C5(C)CCC(OC6OC(C(=O)O)C(O)C(OC7OC(CO)C(O)C(O)C7O)C6O)C(C)(C)C5CCC43C)C2C1. The summed E-state index contributed by atoms with van der Waals surface area (Å²) in [6.07, 6.45) is -6.88. The third-order valence-corrected chi connectivity index (χ3v) is 17.3. The lowest BCUT2D eigenvalue weighted by Crippen LogP contribution is -2.67. The van der Waals surface area contributed by atoms with Gasteiger partial charge in [-0.2, -0.15) is 0 Å². The van der Waals surface area contributed by atoms with Crippen LogP contribution in [0.4, 0.5) is 0 Å². The van der Waals surface area contributed by atoms with E-state index in [1.165, 1.54) is 0 Å². The Morgan fingerprint density at radius 3 is 2.07 bits per heavy atom. The van der Waals surface area contributed by atoms with Crippen molar-refractivity contribution in [2.45, 2.75) is 187 Å². The minimum atomic E-state index is -1.92. The lowest BCUT2D eigenvalue weighted by molar-refractivity contribution is -0.365. The second-order valence-electron chi connectivity index (χ2n) is 21.0. The van der Waals surface area contributed by atoms with Gasteiger partial charge in [0.1, 0.15) is 42.7 Å². The van der Waals surface area contributed by atoms with Crippen molar-refractivity contribution in [2.75, 3.05) is 6.61 Å². The Bertz CT molecular complexity index is 1500. The molecule has 0 aromatic heterocycles. The number of hydrogen-bond donors (Lipinski definition) is 8. The van der Waals surface area contributed by atoms with Crippen LogP contribution < -0.4 is 0 Å². The maximum Gasteiger partial charge on any atom is 0.335 e. The van der Waals surface area contributed by atoms with Crippen LogP contribution in [0.1, 0.15) is 113 Å². The first kappa shape index (κ1) is 41.9. The number of carboxylic acids is 1. The second-order valence-corrected chi connectivity index (χ2v) is 21.0. The van der Waals surface area contributed by atoms with E-state index in [1.807, 2.05) is 0 Å². The molecule has 0 spiro atoms. The molecule has 2 saturated heterocycles. The van der Waals surface area contributed by atoms with E-state index in [1.54, 1.807) is 5.57 Å². The van der Waals surface area contributed by atoms with Gasteiger partial charge in [-0.15, -0.1) is 0 Å². The first-order valence-corrected chi connectivity index (χ1v) is 20.7. The van der Waals surface area contributed by atoms with Crippen molar-refractivity contribution in [3.63, 3.8) is 0 Å². The van der Waals surface area contributed by atoms with E-state index in [2.05, 4.69) is 61.5 Å². The summed E-state index contributed by atoms with van der Waals surface area (Å²) in [6, 6.07) is 0. The summed E-state index contributed by atoms with van der Waals surface area (Å²) >= 11 is 0. The van der Waals surface area contributed by atoms with Crippen molar-refractivity contribution in [1.82, 2.24) is 0 Å². The van der Waals surface area contributed by atoms with Gasteiger partial charge in [-0.1, -0.05) is 67.0 Å². The van der Waals surface area contributed by atoms with Gasteiger partial charge in [0.05, 0.1) is 18.8 Å². The number of rotatable bonds is 6. The molecule has 7 aliphatic rings. The average molecular weight is 781 g/mol. The number of carbonyl (C=O) groups is 1. The van der Waals surface area contributed by atoms with Crippen molar-refractivity contribution in [3.8, 4) is 0 Å². The lowest BCUT2D eigenvalue weighted by atomic mass is 9.33. The molecule has 0 aromatic carbocycles. The van der Waals surface area contributed by atoms with Gasteiger partial charge in [0.25, 0.3) is 0 Å². The molecule has 6 fully saturated rings. The first-order chi connectivity index (χ1) is 25.5. The smallest absolute Gasteiger partial charge is 0.335 e. The highest BCUT2D eigenvalue weighted by Gasteiger charge is 2.69. The minimum Gasteiger partial charge on any atom is -0.479 e. The van der Waals surface area contributed by atoms with Crippen molar-refractivity contribution in [3.05, 3.63) is 11.6 Å². The predicted octanol–water partition coefficient (Wildman–Crippen LogP) is 2.88. The van der Waals surface area contributed by atoms with E-state index >= 15 is 0 Å². The summed E-state index contributed by atoms with van der Waals surface area (Å²) in [4.78, 5) is 12.3. The molecule has 0 bridgehead atoms. The molecule has 19 unspecified atom stereocenters. The number of aliphatic hydroxyl groups excluding tert-OH is 7. The van der Waals surface area contributed by atoms with Crippen molar-refractivity contribution in [1.29, 1.82) is 0 Å². The van der Waals surface area contributed by atoms with Crippen LogP contribution in [0.2, 0.25) is 0 Å². The zero-order chi connectivity index (χ0) is 40.4. The zero-order valence-electron chi connectivity index (χ0n) is 33.9. The van der Waals surface area contributed by atoms with Crippen LogP contribution in [0.5, 0.6) is 0 Å². The number of aliphatic hydroxyl groups is 7. The van der Waals surface area contributed by atoms with Crippen molar-refractivity contribution >= 4 is 5.97 Å². The highest BCUT2D eigenvalue weighted by atomic mass is 16.7. The van der Waals surface area contributed by atoms with Crippen molar-refractivity contribution < 1.29 is 64.6 Å². The molecular formula is C42H68O13. The maximum absolute atomic E-state index is 12.3. The van der Waals surface area contributed by atoms with Gasteiger partial charge in [0.2, 0.25) is 0 Å². The van der Waals surface area contributed by atoms with Gasteiger partial charge < -0.3 is 59.8 Å². The summed E-state index contributed by atoms with van der Waals surface area (Å²) in [5, 5.41) is 85.4. The molecule has 55 heavy (non-hydrogen) atoms. The van der Waals surface area contributed by atoms with Gasteiger partial charge in [0.15, 0.2) is 18.7 Å². The molecule has 314 valence electrons. The summed E-state index contributed by atoms with van der Waals surface area (Å²) in [7, 11) is 0. The van der Waals surface area contributed by atoms with Crippen LogP contribution in [-0.2, 0) is 23.7 Å². The molecule has 13 nitrogen and oxygen atoms in total. The Morgan fingerprint density at radius 2 is 1.42 bits per heavy atom. The van der Waals surface area contributed by atoms with Crippen LogP contribution in [0.25, 0.3) is 0 Å². The minimum absolute atomic E-state index is 0.0293. The molecule has 2 aliphatic heterocycles. The van der Waals surface area contributed by atoms with E-state index < -0.39 is 85.5 Å². The number of hydrogen-bond acceptors (Lipinski definition) is 12. The number of allylic oxidation sites excluding steroid dienone is 2. The standard InChI is InChI=1S/C42H68O13/c1-37(2)15-16-39(5)21(17-37)20-9-10-24-40(6)13-12-26(38(3,4)23(40)11-14-41(24,7)42(20,8)18-25(39)44)53-36-31(49)32(30(48)33(55-36)34(50)51)54-35-29(47)28(46)27(45)22(19-43)52-35/h9,21-33,35-36,43-49H,10-19H2,1-8H3,(H,50,51). The fourth-order valence-corrected chi connectivity index (χ4v) is 13.6. The van der Waals surface area contributed by atoms with Gasteiger partial charge in [-0.25, -0.2) is 4.79 Å². The Balaban J connectivity index is 1.13. The highest BCUT2D eigenvalue weighted by Crippen LogP contribution is 2.75. The molecule has 5 aliphatic carbocycles. The van der Waals surface area contributed by atoms with Gasteiger partial charge in [-0.05, 0) is 103 Å². The molecule has 4 saturated carbocycles. The van der Waals surface area contributed by atoms with Gasteiger partial charge in [-0.3, -0.25) is 0 Å². The second kappa shape index (κ2) is 13.9. The lowest BCUT2D eigenvalue weighted by Gasteiger charge is -2.72. The molecule has 8 N–H and O–H groups in total. The molecule has 2 heterocycles. The number of fused-ring (bicyclic) bond motifs is 7. The number of aliphatic carboxylic acids is 1. The molecule has 13 heteroatoms. The molecule has 0 aromatic rings. The summed E-state index contributed by atoms with van der Waals surface area (Å²) in [5.41, 5.74) is 1.02. The third-order valence-electron chi connectivity index (χ3n) is 17.3. The topological polar surface area (TPSA) is 216 Å². The third kappa shape index (κ3) is 6.23. The van der Waals surface area contributed by atoms with E-state index in [0.717, 1.165) is 51.4 Å². The molecule has 0 amide bonds. The molecular weight excluding hydrogens is 712 g/mol. The number of ether oxygens (including phenoxy) is 4. The Kier molecular flexibility index (Phi) is 10.6. The van der Waals surface area contributed by atoms with E-state index in [-0.39, 0.29) is 39.1 Å². The fourth-order valence-electron chi connectivity index (χ4n) is 13.6. The predicted molar refractivity (Wildman–Crippen MR) is 198 cm³/mol. The van der Waals surface area contributed by atoms with Crippen LogP contribution in [-0.4, -0.2) is 127 Å². The first-order valence-electron chi connectivity index (χ1n) is 20.7. The van der Waals surface area contributed by atoms with Crippen LogP contribution in [0.3, 0.4) is 0 Å². The van der Waals surface area contributed by atoms with Crippen molar-refractivity contribution in [2.24, 2.45) is 50.2 Å². The molecule has 0 radical (unpaired) electrons. The highest BCUT2D eigenvalue weighted by molar-refractivity contribution is 5.73. The van der Waals surface area contributed by atoms with E-state index in [9.17, 15) is 45.6 Å². The summed E-state index contributed by atoms with van der Waals surface area (Å²) < 4.78 is 23.5. The molecule has 19 atom stereocenters. The Labute approximate surface area is 325 Å². The average Bonchev–Trinajstić information content (AvgIpc) is 3.10. The molecule has 7 rings (SSSR count). The largest absolute Gasteiger partial charge is 0.479 e. The van der Waals surface area contributed by atoms with Crippen LogP contribution in [0, 0.1) is 50.2 Å².